The van der Waals surface area contributed by atoms with Gasteiger partial charge < -0.3 is 10.6 Å². The van der Waals surface area contributed by atoms with Crippen molar-refractivity contribution in [2.75, 3.05) is 17.2 Å². The summed E-state index contributed by atoms with van der Waals surface area (Å²) >= 11 is 1.91. The number of rotatable bonds is 8. The highest BCUT2D eigenvalue weighted by Crippen LogP contribution is 2.37. The molecule has 1 aromatic rings. The Morgan fingerprint density at radius 3 is 2.68 bits per heavy atom. The van der Waals surface area contributed by atoms with Crippen LogP contribution >= 0.6 is 11.8 Å². The van der Waals surface area contributed by atoms with Crippen molar-refractivity contribution in [3.8, 4) is 0 Å². The third-order valence-corrected chi connectivity index (χ3v) is 4.64. The quantitative estimate of drug-likeness (QED) is 0.728. The van der Waals surface area contributed by atoms with Crippen molar-refractivity contribution in [2.45, 2.75) is 57.0 Å². The maximum atomic E-state index is 6.03. The second-order valence-corrected chi connectivity index (χ2v) is 6.47. The number of anilines is 1. The van der Waals surface area contributed by atoms with E-state index in [1.165, 1.54) is 48.4 Å². The number of nitrogens with two attached hydrogens (primary N) is 1. The van der Waals surface area contributed by atoms with Gasteiger partial charge in [0, 0.05) is 35.3 Å². The monoisotopic (exact) mass is 278 g/mol. The zero-order valence-electron chi connectivity index (χ0n) is 12.2. The van der Waals surface area contributed by atoms with Crippen molar-refractivity contribution >= 4 is 17.4 Å². The summed E-state index contributed by atoms with van der Waals surface area (Å²) in [4.78, 5) is 3.97. The zero-order chi connectivity index (χ0) is 13.7. The highest BCUT2D eigenvalue weighted by Gasteiger charge is 2.30. The number of unbranched alkanes of at least 4 members (excludes halogenated alkanes) is 1. The lowest BCUT2D eigenvalue weighted by atomic mass is 10.1. The molecule has 1 aliphatic carbocycles. The molecule has 0 saturated heterocycles. The molecule has 0 bridgehead atoms. The summed E-state index contributed by atoms with van der Waals surface area (Å²) in [5, 5.41) is 0. The lowest BCUT2D eigenvalue weighted by molar-refractivity contribution is 0.708. The Morgan fingerprint density at radius 2 is 2.11 bits per heavy atom. The lowest BCUT2D eigenvalue weighted by Crippen LogP contribution is -2.28. The predicted molar refractivity (Wildman–Crippen MR) is 86.0 cm³/mol. The zero-order valence-corrected chi connectivity index (χ0v) is 13.0. The van der Waals surface area contributed by atoms with E-state index in [0.29, 0.717) is 6.54 Å². The average Bonchev–Trinajstić information content (AvgIpc) is 3.24. The van der Waals surface area contributed by atoms with Crippen molar-refractivity contribution in [1.82, 2.24) is 0 Å². The Labute approximate surface area is 121 Å². The van der Waals surface area contributed by atoms with Gasteiger partial charge in [0.2, 0.25) is 0 Å². The molecule has 19 heavy (non-hydrogen) atoms. The van der Waals surface area contributed by atoms with Crippen LogP contribution in [0.3, 0.4) is 0 Å². The minimum absolute atomic E-state index is 0.647. The molecule has 1 aliphatic rings. The SMILES string of the molecule is CCCCN(c1cccc(SCC)c1CN)C1CC1. The Kier molecular flexibility index (Phi) is 5.59. The van der Waals surface area contributed by atoms with Gasteiger partial charge in [-0.25, -0.2) is 0 Å². The lowest BCUT2D eigenvalue weighted by Gasteiger charge is -2.28. The first-order valence-electron chi connectivity index (χ1n) is 7.53. The predicted octanol–water partition coefficient (Wildman–Crippen LogP) is 4.03. The maximum Gasteiger partial charge on any atom is 0.0425 e. The van der Waals surface area contributed by atoms with E-state index < -0.39 is 0 Å². The van der Waals surface area contributed by atoms with Crippen LogP contribution in [0, 0.1) is 0 Å². The van der Waals surface area contributed by atoms with Crippen LogP contribution in [0.15, 0.2) is 23.1 Å². The van der Waals surface area contributed by atoms with E-state index in [1.807, 2.05) is 11.8 Å². The van der Waals surface area contributed by atoms with Gasteiger partial charge in [0.1, 0.15) is 0 Å². The number of hydrogen-bond donors (Lipinski definition) is 1. The van der Waals surface area contributed by atoms with Crippen LogP contribution in [0.1, 0.15) is 45.1 Å². The third kappa shape index (κ3) is 3.67. The fourth-order valence-corrected chi connectivity index (χ4v) is 3.38. The summed E-state index contributed by atoms with van der Waals surface area (Å²) in [6.07, 6.45) is 5.22. The summed E-state index contributed by atoms with van der Waals surface area (Å²) in [5.41, 5.74) is 8.76. The van der Waals surface area contributed by atoms with Crippen molar-refractivity contribution in [2.24, 2.45) is 5.73 Å². The molecule has 3 heteroatoms. The molecule has 106 valence electrons. The van der Waals surface area contributed by atoms with Gasteiger partial charge in [0.05, 0.1) is 0 Å². The van der Waals surface area contributed by atoms with Crippen LogP contribution in [0.5, 0.6) is 0 Å². The fourth-order valence-electron chi connectivity index (χ4n) is 2.53. The molecule has 0 aromatic heterocycles. The van der Waals surface area contributed by atoms with Crippen molar-refractivity contribution in [1.29, 1.82) is 0 Å². The third-order valence-electron chi connectivity index (χ3n) is 3.66. The van der Waals surface area contributed by atoms with E-state index in [4.69, 9.17) is 5.73 Å². The van der Waals surface area contributed by atoms with Crippen molar-refractivity contribution in [3.63, 3.8) is 0 Å². The van der Waals surface area contributed by atoms with Crippen LogP contribution in [-0.4, -0.2) is 18.3 Å². The number of thioether (sulfide) groups is 1. The van der Waals surface area contributed by atoms with Gasteiger partial charge in [-0.05, 0) is 37.1 Å². The normalized spacial score (nSPS) is 14.7. The molecular weight excluding hydrogens is 252 g/mol. The molecule has 0 amide bonds. The first kappa shape index (κ1) is 14.7. The molecule has 0 aliphatic heterocycles. The van der Waals surface area contributed by atoms with Gasteiger partial charge in [0.15, 0.2) is 0 Å². The molecule has 2 nitrogen and oxygen atoms in total. The van der Waals surface area contributed by atoms with Crippen LogP contribution in [-0.2, 0) is 6.54 Å². The van der Waals surface area contributed by atoms with Gasteiger partial charge in [0.25, 0.3) is 0 Å². The molecule has 2 N–H and O–H groups in total. The first-order chi connectivity index (χ1) is 9.31. The summed E-state index contributed by atoms with van der Waals surface area (Å²) in [6, 6.07) is 7.42. The first-order valence-corrected chi connectivity index (χ1v) is 8.51. The van der Waals surface area contributed by atoms with Crippen LogP contribution in [0.4, 0.5) is 5.69 Å². The average molecular weight is 278 g/mol. The Balaban J connectivity index is 2.26. The standard InChI is InChI=1S/C16H26N2S/c1-3-5-11-18(13-9-10-13)15-7-6-8-16(19-4-2)14(15)12-17/h6-8,13H,3-5,9-12,17H2,1-2H3. The molecule has 0 atom stereocenters. The second kappa shape index (κ2) is 7.20. The van der Waals surface area contributed by atoms with Crippen LogP contribution in [0.25, 0.3) is 0 Å². The van der Waals surface area contributed by atoms with Crippen molar-refractivity contribution in [3.05, 3.63) is 23.8 Å². The smallest absolute Gasteiger partial charge is 0.0425 e. The fraction of sp³-hybridized carbons (Fsp3) is 0.625. The molecular formula is C16H26N2S. The van der Waals surface area contributed by atoms with E-state index in [2.05, 4.69) is 36.9 Å². The highest BCUT2D eigenvalue weighted by atomic mass is 32.2. The summed E-state index contributed by atoms with van der Waals surface area (Å²) in [7, 11) is 0. The highest BCUT2D eigenvalue weighted by molar-refractivity contribution is 7.99. The van der Waals surface area contributed by atoms with E-state index >= 15 is 0 Å². The minimum Gasteiger partial charge on any atom is -0.368 e. The van der Waals surface area contributed by atoms with E-state index in [-0.39, 0.29) is 0 Å². The molecule has 0 spiro atoms. The van der Waals surface area contributed by atoms with E-state index in [1.54, 1.807) is 0 Å². The molecule has 0 heterocycles. The maximum absolute atomic E-state index is 6.03. The van der Waals surface area contributed by atoms with Gasteiger partial charge in [-0.1, -0.05) is 26.3 Å². The van der Waals surface area contributed by atoms with E-state index in [0.717, 1.165) is 11.8 Å². The van der Waals surface area contributed by atoms with Crippen LogP contribution < -0.4 is 10.6 Å². The molecule has 1 fully saturated rings. The van der Waals surface area contributed by atoms with E-state index in [9.17, 15) is 0 Å². The van der Waals surface area contributed by atoms with Crippen LogP contribution in [0.2, 0.25) is 0 Å². The molecule has 1 aromatic carbocycles. The molecule has 0 unspecified atom stereocenters. The van der Waals surface area contributed by atoms with Crippen molar-refractivity contribution < 1.29 is 0 Å². The Morgan fingerprint density at radius 1 is 1.32 bits per heavy atom. The second-order valence-electron chi connectivity index (χ2n) is 5.17. The summed E-state index contributed by atoms with van der Waals surface area (Å²) < 4.78 is 0. The van der Waals surface area contributed by atoms with Gasteiger partial charge in [-0.15, -0.1) is 11.8 Å². The van der Waals surface area contributed by atoms with Gasteiger partial charge >= 0.3 is 0 Å². The molecule has 0 radical (unpaired) electrons. The summed E-state index contributed by atoms with van der Waals surface area (Å²) in [6.45, 7) is 6.29. The molecule has 1 saturated carbocycles. The summed E-state index contributed by atoms with van der Waals surface area (Å²) in [5.74, 6) is 1.11. The van der Waals surface area contributed by atoms with Gasteiger partial charge in [-0.3, -0.25) is 0 Å². The Hall–Kier alpha value is -0.670. The van der Waals surface area contributed by atoms with Gasteiger partial charge in [-0.2, -0.15) is 0 Å². The number of benzene rings is 1. The number of hydrogen-bond acceptors (Lipinski definition) is 3. The number of nitrogens with zero attached hydrogens (tertiary/aromatic N) is 1. The molecule has 2 rings (SSSR count). The Bertz CT molecular complexity index is 402. The topological polar surface area (TPSA) is 29.3 Å². The minimum atomic E-state index is 0.647. The largest absolute Gasteiger partial charge is 0.368 e.